The Kier molecular flexibility index (Phi) is 4.08. The van der Waals surface area contributed by atoms with Crippen molar-refractivity contribution in [2.24, 2.45) is 0 Å². The molecule has 1 heterocycles. The van der Waals surface area contributed by atoms with E-state index in [-0.39, 0.29) is 5.82 Å². The normalized spacial score (nSPS) is 12.5. The molecule has 21 heavy (non-hydrogen) atoms. The summed E-state index contributed by atoms with van der Waals surface area (Å²) in [6.45, 7) is 1.71. The highest BCUT2D eigenvalue weighted by Gasteiger charge is 2.30. The van der Waals surface area contributed by atoms with Crippen LogP contribution in [0, 0.1) is 11.3 Å². The SMILES string of the molecule is CC(Nc1ccnc(C#N)n1)c1cccc(C(F)(F)F)c1. The number of nitrogens with zero attached hydrogens (tertiary/aromatic N) is 3. The van der Waals surface area contributed by atoms with Gasteiger partial charge in [0.25, 0.3) is 0 Å². The molecule has 0 fully saturated rings. The van der Waals surface area contributed by atoms with Gasteiger partial charge in [-0.3, -0.25) is 0 Å². The van der Waals surface area contributed by atoms with Crippen LogP contribution in [-0.4, -0.2) is 9.97 Å². The first-order valence-corrected chi connectivity index (χ1v) is 6.07. The van der Waals surface area contributed by atoms with E-state index in [2.05, 4.69) is 15.3 Å². The van der Waals surface area contributed by atoms with Gasteiger partial charge in [-0.25, -0.2) is 9.97 Å². The summed E-state index contributed by atoms with van der Waals surface area (Å²) in [5, 5.41) is 11.7. The molecule has 0 aliphatic rings. The van der Waals surface area contributed by atoms with E-state index in [1.807, 2.05) is 0 Å². The quantitative estimate of drug-likeness (QED) is 0.940. The maximum atomic E-state index is 12.7. The number of nitrogens with one attached hydrogen (secondary N) is 1. The first kappa shape index (κ1) is 14.8. The van der Waals surface area contributed by atoms with Gasteiger partial charge in [0, 0.05) is 12.2 Å². The zero-order valence-electron chi connectivity index (χ0n) is 11.0. The van der Waals surface area contributed by atoms with E-state index in [9.17, 15) is 13.2 Å². The number of alkyl halides is 3. The Morgan fingerprint density at radius 3 is 2.71 bits per heavy atom. The number of benzene rings is 1. The Balaban J connectivity index is 2.20. The Labute approximate surface area is 119 Å². The third-order valence-electron chi connectivity index (χ3n) is 2.83. The summed E-state index contributed by atoms with van der Waals surface area (Å²) < 4.78 is 38.0. The van der Waals surface area contributed by atoms with Crippen molar-refractivity contribution in [3.05, 3.63) is 53.5 Å². The summed E-state index contributed by atoms with van der Waals surface area (Å²) in [4.78, 5) is 7.65. The molecule has 2 aromatic rings. The highest BCUT2D eigenvalue weighted by Crippen LogP contribution is 2.31. The van der Waals surface area contributed by atoms with Gasteiger partial charge in [0.15, 0.2) is 0 Å². The minimum atomic E-state index is -4.38. The highest BCUT2D eigenvalue weighted by molar-refractivity contribution is 5.39. The Hall–Kier alpha value is -2.62. The molecule has 0 radical (unpaired) electrons. The van der Waals surface area contributed by atoms with Crippen molar-refractivity contribution < 1.29 is 13.2 Å². The largest absolute Gasteiger partial charge is 0.416 e. The third-order valence-corrected chi connectivity index (χ3v) is 2.83. The molecule has 0 aliphatic heterocycles. The molecule has 1 N–H and O–H groups in total. The molecule has 1 atom stereocenters. The van der Waals surface area contributed by atoms with Crippen LogP contribution in [0.5, 0.6) is 0 Å². The number of nitriles is 1. The highest BCUT2D eigenvalue weighted by atomic mass is 19.4. The lowest BCUT2D eigenvalue weighted by atomic mass is 10.0. The molecular formula is C14H11F3N4. The van der Waals surface area contributed by atoms with E-state index in [0.29, 0.717) is 11.4 Å². The van der Waals surface area contributed by atoms with Gasteiger partial charge in [-0.2, -0.15) is 18.4 Å². The van der Waals surface area contributed by atoms with Gasteiger partial charge in [-0.15, -0.1) is 0 Å². The molecule has 0 saturated carbocycles. The van der Waals surface area contributed by atoms with Gasteiger partial charge < -0.3 is 5.32 Å². The van der Waals surface area contributed by atoms with Crippen molar-refractivity contribution >= 4 is 5.82 Å². The summed E-state index contributed by atoms with van der Waals surface area (Å²) in [5.74, 6) is 0.378. The molecule has 1 aromatic heterocycles. The van der Waals surface area contributed by atoms with Gasteiger partial charge in [-0.05, 0) is 30.7 Å². The van der Waals surface area contributed by atoms with Gasteiger partial charge in [0.05, 0.1) is 5.56 Å². The molecule has 0 spiro atoms. The second kappa shape index (κ2) is 5.79. The first-order chi connectivity index (χ1) is 9.90. The Morgan fingerprint density at radius 1 is 1.29 bits per heavy atom. The molecule has 0 saturated heterocycles. The third kappa shape index (κ3) is 3.69. The van der Waals surface area contributed by atoms with Crippen LogP contribution >= 0.6 is 0 Å². The zero-order chi connectivity index (χ0) is 15.5. The van der Waals surface area contributed by atoms with Gasteiger partial charge in [-0.1, -0.05) is 12.1 Å². The van der Waals surface area contributed by atoms with Gasteiger partial charge >= 0.3 is 6.18 Å². The van der Waals surface area contributed by atoms with Crippen LogP contribution in [0.15, 0.2) is 36.5 Å². The predicted molar refractivity (Wildman–Crippen MR) is 70.2 cm³/mol. The maximum absolute atomic E-state index is 12.7. The van der Waals surface area contributed by atoms with Crippen LogP contribution in [0.2, 0.25) is 0 Å². The first-order valence-electron chi connectivity index (χ1n) is 6.07. The number of rotatable bonds is 3. The fraction of sp³-hybridized carbons (Fsp3) is 0.214. The monoisotopic (exact) mass is 292 g/mol. The lowest BCUT2D eigenvalue weighted by Gasteiger charge is -2.16. The molecule has 108 valence electrons. The van der Waals surface area contributed by atoms with Crippen molar-refractivity contribution in [1.29, 1.82) is 5.26 Å². The number of hydrogen-bond acceptors (Lipinski definition) is 4. The fourth-order valence-electron chi connectivity index (χ4n) is 1.78. The zero-order valence-corrected chi connectivity index (χ0v) is 11.0. The summed E-state index contributed by atoms with van der Waals surface area (Å²) >= 11 is 0. The van der Waals surface area contributed by atoms with Crippen molar-refractivity contribution in [1.82, 2.24) is 9.97 Å². The summed E-state index contributed by atoms with van der Waals surface area (Å²) in [5.41, 5.74) is -0.226. The number of anilines is 1. The maximum Gasteiger partial charge on any atom is 0.416 e. The van der Waals surface area contributed by atoms with E-state index in [4.69, 9.17) is 5.26 Å². The molecule has 0 bridgehead atoms. The van der Waals surface area contributed by atoms with Crippen LogP contribution < -0.4 is 5.32 Å². The van der Waals surface area contributed by atoms with Crippen LogP contribution in [0.4, 0.5) is 19.0 Å². The topological polar surface area (TPSA) is 61.6 Å². The number of aromatic nitrogens is 2. The predicted octanol–water partition coefficient (Wildman–Crippen LogP) is 3.54. The lowest BCUT2D eigenvalue weighted by molar-refractivity contribution is -0.137. The second-order valence-corrected chi connectivity index (χ2v) is 4.37. The van der Waals surface area contributed by atoms with Crippen molar-refractivity contribution in [3.63, 3.8) is 0 Å². The molecule has 7 heteroatoms. The van der Waals surface area contributed by atoms with Crippen molar-refractivity contribution in [3.8, 4) is 6.07 Å². The molecular weight excluding hydrogens is 281 g/mol. The van der Waals surface area contributed by atoms with Crippen LogP contribution in [0.3, 0.4) is 0 Å². The number of hydrogen-bond donors (Lipinski definition) is 1. The van der Waals surface area contributed by atoms with E-state index in [1.54, 1.807) is 25.1 Å². The summed E-state index contributed by atoms with van der Waals surface area (Å²) in [6.07, 6.45) is -2.97. The molecule has 1 unspecified atom stereocenters. The molecule has 0 aliphatic carbocycles. The Morgan fingerprint density at radius 2 is 2.05 bits per heavy atom. The average molecular weight is 292 g/mol. The van der Waals surface area contributed by atoms with Crippen molar-refractivity contribution in [2.75, 3.05) is 5.32 Å². The fourth-order valence-corrected chi connectivity index (χ4v) is 1.78. The van der Waals surface area contributed by atoms with E-state index in [1.165, 1.54) is 12.3 Å². The smallest absolute Gasteiger partial charge is 0.363 e. The number of halogens is 3. The van der Waals surface area contributed by atoms with E-state index in [0.717, 1.165) is 12.1 Å². The van der Waals surface area contributed by atoms with Crippen molar-refractivity contribution in [2.45, 2.75) is 19.1 Å². The van der Waals surface area contributed by atoms with Gasteiger partial charge in [0.1, 0.15) is 11.9 Å². The minimum absolute atomic E-state index is 0.00348. The average Bonchev–Trinajstić information content (AvgIpc) is 2.46. The van der Waals surface area contributed by atoms with E-state index < -0.39 is 17.8 Å². The lowest BCUT2D eigenvalue weighted by Crippen LogP contribution is -2.11. The molecule has 2 rings (SSSR count). The van der Waals surface area contributed by atoms with E-state index >= 15 is 0 Å². The summed E-state index contributed by atoms with van der Waals surface area (Å²) in [7, 11) is 0. The van der Waals surface area contributed by atoms with Crippen LogP contribution in [0.25, 0.3) is 0 Å². The molecule has 4 nitrogen and oxygen atoms in total. The Bertz CT molecular complexity index is 676. The minimum Gasteiger partial charge on any atom is -0.363 e. The molecule has 1 aromatic carbocycles. The van der Waals surface area contributed by atoms with Gasteiger partial charge in [0.2, 0.25) is 5.82 Å². The van der Waals surface area contributed by atoms with Crippen LogP contribution in [-0.2, 0) is 6.18 Å². The summed E-state index contributed by atoms with van der Waals surface area (Å²) in [6, 6.07) is 8.01. The standard InChI is InChI=1S/C14H11F3N4/c1-9(20-12-5-6-19-13(8-18)21-12)10-3-2-4-11(7-10)14(15,16)17/h2-7,9H,1H3,(H,19,20,21). The second-order valence-electron chi connectivity index (χ2n) is 4.37. The van der Waals surface area contributed by atoms with Crippen LogP contribution in [0.1, 0.15) is 29.9 Å². The molecule has 0 amide bonds.